The predicted octanol–water partition coefficient (Wildman–Crippen LogP) is 3.58. The first-order valence-corrected chi connectivity index (χ1v) is 29.1. The first-order valence-electron chi connectivity index (χ1n) is 29.1. The molecule has 2 aromatic carbocycles. The Morgan fingerprint density at radius 1 is 0.663 bits per heavy atom. The Hall–Kier alpha value is -6.55. The molecule has 23 nitrogen and oxygen atoms in total. The van der Waals surface area contributed by atoms with Crippen LogP contribution in [0.3, 0.4) is 0 Å². The van der Waals surface area contributed by atoms with Crippen LogP contribution in [0.2, 0.25) is 0 Å². The van der Waals surface area contributed by atoms with Gasteiger partial charge in [0.1, 0.15) is 30.3 Å². The molecule has 3 atom stereocenters. The maximum atomic E-state index is 15.3. The van der Waals surface area contributed by atoms with Gasteiger partial charge >= 0.3 is 0 Å². The highest BCUT2D eigenvalue weighted by molar-refractivity contribution is 6.13. The Balaban J connectivity index is 1.08. The fraction of sp³-hybridized carbons (Fsp3) is 0.590. The topological polar surface area (TPSA) is 278 Å². The lowest BCUT2D eigenvalue weighted by atomic mass is 9.83. The molecule has 3 aromatic rings. The van der Waals surface area contributed by atoms with Gasteiger partial charge in [0.2, 0.25) is 29.5 Å². The molecule has 86 heavy (non-hydrogen) atoms. The number of hydrogen-bond donors (Lipinski definition) is 4. The monoisotopic (exact) mass is 1210 g/mol. The number of ether oxygens (including phenoxy) is 8. The molecule has 0 aliphatic carbocycles. The van der Waals surface area contributed by atoms with Gasteiger partial charge in [-0.05, 0) is 54.5 Å². The van der Waals surface area contributed by atoms with E-state index in [1.807, 2.05) is 55.7 Å². The van der Waals surface area contributed by atoms with Gasteiger partial charge in [-0.1, -0.05) is 65.0 Å². The quantitative estimate of drug-likeness (QED) is 0.0465. The Kier molecular flexibility index (Phi) is 32.9. The lowest BCUT2D eigenvalue weighted by molar-refractivity contribution is -0.144. The number of aliphatic hydroxyl groups is 1. The number of nitrogens with one attached hydrogen (secondary N) is 2. The molecule has 478 valence electrons. The van der Waals surface area contributed by atoms with E-state index in [0.29, 0.717) is 110 Å². The van der Waals surface area contributed by atoms with Crippen LogP contribution in [-0.4, -0.2) is 216 Å². The lowest BCUT2D eigenvalue weighted by Crippen LogP contribution is -2.56. The minimum Gasteiger partial charge on any atom is -0.387 e. The molecule has 0 radical (unpaired) electrons. The van der Waals surface area contributed by atoms with Gasteiger partial charge in [-0.25, -0.2) is 8.78 Å². The number of imide groups is 1. The van der Waals surface area contributed by atoms with Crippen molar-refractivity contribution in [1.82, 2.24) is 29.9 Å². The van der Waals surface area contributed by atoms with Crippen LogP contribution in [0.5, 0.6) is 0 Å². The number of nitrogens with two attached hydrogens (primary N) is 1. The molecule has 5 N–H and O–H groups in total. The smallest absolute Gasteiger partial charge is 0.253 e. The molecular formula is C61H89F2N7O16. The number of aliphatic hydroxyl groups excluding tert-OH is 1. The van der Waals surface area contributed by atoms with Crippen LogP contribution in [-0.2, 0) is 78.0 Å². The highest BCUT2D eigenvalue weighted by Crippen LogP contribution is 2.41. The van der Waals surface area contributed by atoms with Crippen LogP contribution in [0.4, 0.5) is 8.78 Å². The van der Waals surface area contributed by atoms with Crippen molar-refractivity contribution >= 4 is 41.4 Å². The summed E-state index contributed by atoms with van der Waals surface area (Å²) < 4.78 is 75.8. The first kappa shape index (κ1) is 71.9. The molecule has 4 rings (SSSR count). The van der Waals surface area contributed by atoms with Gasteiger partial charge in [0.05, 0.1) is 112 Å². The van der Waals surface area contributed by atoms with Crippen molar-refractivity contribution in [1.29, 1.82) is 0 Å². The van der Waals surface area contributed by atoms with Crippen molar-refractivity contribution in [2.24, 2.45) is 17.1 Å². The summed E-state index contributed by atoms with van der Waals surface area (Å²) >= 11 is 0. The number of rotatable bonds is 45. The Labute approximate surface area is 503 Å². The Bertz CT molecular complexity index is 2580. The number of hydrogen-bond acceptors (Lipinski definition) is 16. The van der Waals surface area contributed by atoms with Crippen molar-refractivity contribution in [3.63, 3.8) is 0 Å². The molecule has 0 spiro atoms. The average Bonchev–Trinajstić information content (AvgIpc) is 1.99. The number of benzene rings is 2. The van der Waals surface area contributed by atoms with Crippen molar-refractivity contribution in [3.8, 4) is 11.1 Å². The van der Waals surface area contributed by atoms with Crippen LogP contribution in [0.15, 0.2) is 72.9 Å². The minimum atomic E-state index is -1.09. The molecule has 0 unspecified atom stereocenters. The van der Waals surface area contributed by atoms with E-state index in [1.54, 1.807) is 26.1 Å². The number of halogens is 2. The van der Waals surface area contributed by atoms with Gasteiger partial charge in [-0.15, -0.1) is 0 Å². The predicted molar refractivity (Wildman–Crippen MR) is 313 cm³/mol. The van der Waals surface area contributed by atoms with E-state index in [2.05, 4.69) is 10.6 Å². The van der Waals surface area contributed by atoms with Gasteiger partial charge in [0, 0.05) is 80.7 Å². The van der Waals surface area contributed by atoms with E-state index >= 15 is 4.39 Å². The number of nitrogens with zero attached hydrogens (tertiary/aromatic N) is 4. The van der Waals surface area contributed by atoms with Crippen LogP contribution in [0, 0.1) is 23.0 Å². The van der Waals surface area contributed by atoms with E-state index in [9.17, 15) is 43.1 Å². The van der Waals surface area contributed by atoms with Crippen molar-refractivity contribution < 1.29 is 85.3 Å². The number of amides is 7. The zero-order chi connectivity index (χ0) is 62.9. The summed E-state index contributed by atoms with van der Waals surface area (Å²) in [4.78, 5) is 92.8. The van der Waals surface area contributed by atoms with E-state index in [-0.39, 0.29) is 70.2 Å². The normalized spacial score (nSPS) is 13.5. The molecule has 1 aromatic heterocycles. The standard InChI is InChI=1S/C61H89F2N7O16/c1-44(2)57(66-53(73)18-23-79-25-27-81-29-31-83-33-35-85-37-38-86-36-34-84-32-30-82-28-26-80-24-19-65-52(72)17-22-69-54(74)15-16-55(69)75)60(78)68(45(3)59(64)77)20-10-21-70(56(76)43-71)58(61(4,5)6)51-39-47(49-40-48(62)13-14-50(49)63)42-67(51)41-46-11-8-7-9-12-46/h7-9,11-16,39-40,42,44-45,57-58,71H,10,17-38,41,43H2,1-6H3,(H2,64,77)(H,65,72)(H,66,73)/t45-,57-,58-/m0/s1. The van der Waals surface area contributed by atoms with Crippen molar-refractivity contribution in [2.75, 3.05) is 138 Å². The molecule has 2 heterocycles. The third-order valence-corrected chi connectivity index (χ3v) is 13.6. The zero-order valence-corrected chi connectivity index (χ0v) is 50.6. The Morgan fingerprint density at radius 2 is 1.17 bits per heavy atom. The van der Waals surface area contributed by atoms with Gasteiger partial charge in [0.15, 0.2) is 0 Å². The lowest BCUT2D eigenvalue weighted by Gasteiger charge is -2.41. The average molecular weight is 1210 g/mol. The SMILES string of the molecule is CC(C)[C@H](NC(=O)CCOCCOCCOCCOCCOCCOCCOCCOCCNC(=O)CCN1C(=O)C=CC1=O)C(=O)N(CCCN(C(=O)CO)[C@@H](c1cc(-c2cc(F)ccc2F)cn1Cc1ccccc1)C(C)(C)C)[C@@H](C)C(N)=O. The summed E-state index contributed by atoms with van der Waals surface area (Å²) in [5.41, 5.74) is 7.00. The van der Waals surface area contributed by atoms with Gasteiger partial charge in [0.25, 0.3) is 11.8 Å². The molecule has 1 aliphatic rings. The Morgan fingerprint density at radius 3 is 1.67 bits per heavy atom. The maximum Gasteiger partial charge on any atom is 0.253 e. The molecule has 7 amide bonds. The summed E-state index contributed by atoms with van der Waals surface area (Å²) in [5.74, 6) is -5.16. The van der Waals surface area contributed by atoms with E-state index in [1.165, 1.54) is 28.9 Å². The van der Waals surface area contributed by atoms with Crippen LogP contribution >= 0.6 is 0 Å². The molecule has 0 saturated carbocycles. The summed E-state index contributed by atoms with van der Waals surface area (Å²) in [6.45, 7) is 15.8. The van der Waals surface area contributed by atoms with Crippen molar-refractivity contribution in [3.05, 3.63) is 95.8 Å². The fourth-order valence-corrected chi connectivity index (χ4v) is 9.12. The third kappa shape index (κ3) is 25.8. The second-order valence-corrected chi connectivity index (χ2v) is 21.6. The summed E-state index contributed by atoms with van der Waals surface area (Å²) in [6, 6.07) is 11.6. The molecule has 0 fully saturated rings. The third-order valence-electron chi connectivity index (χ3n) is 13.6. The fourth-order valence-electron chi connectivity index (χ4n) is 9.12. The minimum absolute atomic E-state index is 0.00259. The van der Waals surface area contributed by atoms with Gasteiger partial charge < -0.3 is 73.7 Å². The van der Waals surface area contributed by atoms with Crippen LogP contribution in [0.1, 0.15) is 78.1 Å². The first-order chi connectivity index (χ1) is 41.2. The van der Waals surface area contributed by atoms with E-state index < -0.39 is 83.1 Å². The van der Waals surface area contributed by atoms with Gasteiger partial charge in [-0.2, -0.15) is 0 Å². The molecule has 0 bridgehead atoms. The van der Waals surface area contributed by atoms with Gasteiger partial charge in [-0.3, -0.25) is 38.5 Å². The summed E-state index contributed by atoms with van der Waals surface area (Å²) in [5, 5.41) is 15.8. The zero-order valence-electron chi connectivity index (χ0n) is 50.6. The van der Waals surface area contributed by atoms with Crippen LogP contribution in [0.25, 0.3) is 11.1 Å². The number of carbonyl (C=O) groups is 7. The molecule has 0 saturated heterocycles. The molecule has 25 heteroatoms. The second-order valence-electron chi connectivity index (χ2n) is 21.6. The number of carbonyl (C=O) groups excluding carboxylic acids is 7. The summed E-state index contributed by atoms with van der Waals surface area (Å²) in [6.07, 6.45) is 4.17. The van der Waals surface area contributed by atoms with Crippen LogP contribution < -0.4 is 16.4 Å². The van der Waals surface area contributed by atoms with Crippen molar-refractivity contribution in [2.45, 2.75) is 85.5 Å². The van der Waals surface area contributed by atoms with E-state index in [0.717, 1.165) is 28.7 Å². The summed E-state index contributed by atoms with van der Waals surface area (Å²) in [7, 11) is 0. The maximum absolute atomic E-state index is 15.3. The largest absolute Gasteiger partial charge is 0.387 e. The van der Waals surface area contributed by atoms with E-state index in [4.69, 9.17) is 43.6 Å². The number of aromatic nitrogens is 1. The highest BCUT2D eigenvalue weighted by Gasteiger charge is 2.38. The second kappa shape index (κ2) is 39.3. The molecule has 1 aliphatic heterocycles. The molecular weight excluding hydrogens is 1120 g/mol. The highest BCUT2D eigenvalue weighted by atomic mass is 19.1. The number of primary amides is 1.